The molecule has 0 fully saturated rings. The number of hydrogen-bond acceptors (Lipinski definition) is 2. The molecule has 1 aromatic rings. The number of nitrogens with one attached hydrogen (secondary N) is 1. The van der Waals surface area contributed by atoms with Gasteiger partial charge in [-0.2, -0.15) is 0 Å². The van der Waals surface area contributed by atoms with E-state index in [0.717, 1.165) is 19.4 Å². The Morgan fingerprint density at radius 1 is 1.47 bits per heavy atom. The van der Waals surface area contributed by atoms with Crippen LogP contribution in [0.2, 0.25) is 0 Å². The lowest BCUT2D eigenvalue weighted by molar-refractivity contribution is -0.131. The maximum atomic E-state index is 12.0. The molecule has 0 aromatic heterocycles. The van der Waals surface area contributed by atoms with Gasteiger partial charge in [-0.1, -0.05) is 31.2 Å². The van der Waals surface area contributed by atoms with E-state index >= 15 is 0 Å². The lowest BCUT2D eigenvalue weighted by atomic mass is 10.1. The van der Waals surface area contributed by atoms with Crippen molar-refractivity contribution in [2.24, 2.45) is 0 Å². The number of nitrogens with zero attached hydrogens (tertiary/aromatic N) is 1. The smallest absolute Gasteiger partial charge is 0.236 e. The van der Waals surface area contributed by atoms with Gasteiger partial charge in [0, 0.05) is 7.05 Å². The average Bonchev–Trinajstić information content (AvgIpc) is 2.78. The van der Waals surface area contributed by atoms with Crippen LogP contribution in [0.15, 0.2) is 24.3 Å². The van der Waals surface area contributed by atoms with Gasteiger partial charge in [0.2, 0.25) is 5.91 Å². The molecule has 0 spiro atoms. The average molecular weight is 232 g/mol. The molecule has 3 heteroatoms. The van der Waals surface area contributed by atoms with Crippen molar-refractivity contribution in [1.82, 2.24) is 10.2 Å². The first-order chi connectivity index (χ1) is 8.24. The monoisotopic (exact) mass is 232 g/mol. The van der Waals surface area contributed by atoms with E-state index in [-0.39, 0.29) is 11.9 Å². The summed E-state index contributed by atoms with van der Waals surface area (Å²) in [4.78, 5) is 13.8. The van der Waals surface area contributed by atoms with Crippen LogP contribution >= 0.6 is 0 Å². The molecule has 92 valence electrons. The zero-order valence-electron chi connectivity index (χ0n) is 10.6. The highest BCUT2D eigenvalue weighted by molar-refractivity contribution is 5.78. The number of rotatable bonds is 4. The fourth-order valence-corrected chi connectivity index (χ4v) is 2.47. The zero-order chi connectivity index (χ0) is 12.3. The van der Waals surface area contributed by atoms with Crippen molar-refractivity contribution < 1.29 is 4.79 Å². The molecule has 17 heavy (non-hydrogen) atoms. The molecular weight excluding hydrogens is 212 g/mol. The third-order valence-corrected chi connectivity index (χ3v) is 3.49. The second-order valence-corrected chi connectivity index (χ2v) is 4.54. The standard InChI is InChI=1S/C14H20N2O/c1-3-15-10-14(17)16(2)13-9-8-11-6-4-5-7-12(11)13/h4-7,13,15H,3,8-10H2,1-2H3. The molecular formula is C14H20N2O. The molecule has 2 rings (SSSR count). The summed E-state index contributed by atoms with van der Waals surface area (Å²) < 4.78 is 0. The van der Waals surface area contributed by atoms with Crippen LogP contribution in [-0.4, -0.2) is 30.9 Å². The Bertz CT molecular complexity index is 403. The Kier molecular flexibility index (Phi) is 3.79. The third kappa shape index (κ3) is 2.50. The molecule has 1 amide bonds. The molecule has 0 saturated carbocycles. The minimum absolute atomic E-state index is 0.175. The summed E-state index contributed by atoms with van der Waals surface area (Å²) in [6.07, 6.45) is 2.13. The predicted octanol–water partition coefficient (Wildman–Crippen LogP) is 1.74. The predicted molar refractivity (Wildman–Crippen MR) is 68.8 cm³/mol. The molecule has 0 aliphatic heterocycles. The Hall–Kier alpha value is -1.35. The van der Waals surface area contributed by atoms with Crippen molar-refractivity contribution in [1.29, 1.82) is 0 Å². The summed E-state index contributed by atoms with van der Waals surface area (Å²) in [6.45, 7) is 3.28. The first-order valence-electron chi connectivity index (χ1n) is 6.28. The van der Waals surface area contributed by atoms with E-state index < -0.39 is 0 Å². The largest absolute Gasteiger partial charge is 0.338 e. The normalized spacial score (nSPS) is 17.9. The van der Waals surface area contributed by atoms with E-state index in [4.69, 9.17) is 0 Å². The van der Waals surface area contributed by atoms with Gasteiger partial charge < -0.3 is 10.2 Å². The molecule has 3 nitrogen and oxygen atoms in total. The Morgan fingerprint density at radius 2 is 2.24 bits per heavy atom. The van der Waals surface area contributed by atoms with E-state index in [1.165, 1.54) is 11.1 Å². The second-order valence-electron chi connectivity index (χ2n) is 4.54. The van der Waals surface area contributed by atoms with Crippen LogP contribution in [-0.2, 0) is 11.2 Å². The first kappa shape index (κ1) is 12.1. The van der Waals surface area contributed by atoms with E-state index in [2.05, 4.69) is 29.6 Å². The molecule has 1 unspecified atom stereocenters. The molecule has 1 aliphatic carbocycles. The Balaban J connectivity index is 2.07. The van der Waals surface area contributed by atoms with Gasteiger partial charge in [0.1, 0.15) is 0 Å². The van der Waals surface area contributed by atoms with Crippen molar-refractivity contribution in [3.63, 3.8) is 0 Å². The maximum Gasteiger partial charge on any atom is 0.236 e. The zero-order valence-corrected chi connectivity index (χ0v) is 10.6. The van der Waals surface area contributed by atoms with Crippen LogP contribution in [0.25, 0.3) is 0 Å². The van der Waals surface area contributed by atoms with Gasteiger partial charge in [0.15, 0.2) is 0 Å². The number of hydrogen-bond donors (Lipinski definition) is 1. The fourth-order valence-electron chi connectivity index (χ4n) is 2.47. The number of carbonyl (C=O) groups is 1. The molecule has 0 radical (unpaired) electrons. The number of benzene rings is 1. The SMILES string of the molecule is CCNCC(=O)N(C)C1CCc2ccccc21. The lowest BCUT2D eigenvalue weighted by Gasteiger charge is -2.25. The molecule has 1 aromatic carbocycles. The minimum Gasteiger partial charge on any atom is -0.338 e. The van der Waals surface area contributed by atoms with E-state index in [0.29, 0.717) is 6.54 Å². The van der Waals surface area contributed by atoms with E-state index in [1.54, 1.807) is 0 Å². The van der Waals surface area contributed by atoms with Crippen molar-refractivity contribution >= 4 is 5.91 Å². The summed E-state index contributed by atoms with van der Waals surface area (Å²) in [6, 6.07) is 8.70. The highest BCUT2D eigenvalue weighted by Gasteiger charge is 2.27. The van der Waals surface area contributed by atoms with Crippen molar-refractivity contribution in [3.8, 4) is 0 Å². The number of carbonyl (C=O) groups excluding carboxylic acids is 1. The summed E-state index contributed by atoms with van der Waals surface area (Å²) in [5, 5.41) is 3.09. The number of aryl methyl sites for hydroxylation is 1. The van der Waals surface area contributed by atoms with E-state index in [9.17, 15) is 4.79 Å². The van der Waals surface area contributed by atoms with Crippen LogP contribution in [0.5, 0.6) is 0 Å². The fraction of sp³-hybridized carbons (Fsp3) is 0.500. The van der Waals surface area contributed by atoms with E-state index in [1.807, 2.05) is 18.9 Å². The molecule has 0 saturated heterocycles. The van der Waals surface area contributed by atoms with Crippen LogP contribution in [0.3, 0.4) is 0 Å². The quantitative estimate of drug-likeness (QED) is 0.857. The Labute approximate surface area is 103 Å². The number of amides is 1. The summed E-state index contributed by atoms with van der Waals surface area (Å²) in [5.41, 5.74) is 2.71. The first-order valence-corrected chi connectivity index (χ1v) is 6.28. The van der Waals surface area contributed by atoms with Crippen LogP contribution in [0.1, 0.15) is 30.5 Å². The second kappa shape index (κ2) is 5.32. The van der Waals surface area contributed by atoms with Gasteiger partial charge in [-0.25, -0.2) is 0 Å². The molecule has 0 bridgehead atoms. The topological polar surface area (TPSA) is 32.3 Å². The van der Waals surface area contributed by atoms with Gasteiger partial charge in [-0.3, -0.25) is 4.79 Å². The minimum atomic E-state index is 0.175. The molecule has 1 atom stereocenters. The van der Waals surface area contributed by atoms with Crippen molar-refractivity contribution in [3.05, 3.63) is 35.4 Å². The van der Waals surface area contributed by atoms with Gasteiger partial charge in [0.25, 0.3) is 0 Å². The highest BCUT2D eigenvalue weighted by atomic mass is 16.2. The molecule has 0 heterocycles. The summed E-state index contributed by atoms with van der Waals surface area (Å²) in [7, 11) is 1.91. The molecule has 1 N–H and O–H groups in total. The Morgan fingerprint density at radius 3 is 3.00 bits per heavy atom. The summed E-state index contributed by atoms with van der Waals surface area (Å²) >= 11 is 0. The van der Waals surface area contributed by atoms with Crippen LogP contribution in [0, 0.1) is 0 Å². The van der Waals surface area contributed by atoms with Gasteiger partial charge in [0.05, 0.1) is 12.6 Å². The van der Waals surface area contributed by atoms with Crippen molar-refractivity contribution in [2.45, 2.75) is 25.8 Å². The van der Waals surface area contributed by atoms with Gasteiger partial charge in [-0.15, -0.1) is 0 Å². The van der Waals surface area contributed by atoms with Gasteiger partial charge >= 0.3 is 0 Å². The lowest BCUT2D eigenvalue weighted by Crippen LogP contribution is -2.37. The van der Waals surface area contributed by atoms with Crippen LogP contribution in [0.4, 0.5) is 0 Å². The van der Waals surface area contributed by atoms with Crippen LogP contribution < -0.4 is 5.32 Å². The maximum absolute atomic E-state index is 12.0. The van der Waals surface area contributed by atoms with Crippen molar-refractivity contribution in [2.75, 3.05) is 20.1 Å². The van der Waals surface area contributed by atoms with Gasteiger partial charge in [-0.05, 0) is 30.5 Å². The number of fused-ring (bicyclic) bond motifs is 1. The molecule has 1 aliphatic rings. The number of likely N-dealkylation sites (N-methyl/N-ethyl adjacent to an activating group) is 2. The third-order valence-electron chi connectivity index (χ3n) is 3.49. The summed E-state index contributed by atoms with van der Waals surface area (Å²) in [5.74, 6) is 0.175. The highest BCUT2D eigenvalue weighted by Crippen LogP contribution is 2.34.